The van der Waals surface area contributed by atoms with E-state index < -0.39 is 179 Å². The molecular weight excluding hydrogens is 1250 g/mol. The highest BCUT2D eigenvalue weighted by atomic mass is 31.2. The predicted molar refractivity (Wildman–Crippen MR) is 270 cm³/mol. The van der Waals surface area contributed by atoms with Gasteiger partial charge < -0.3 is 130 Å². The lowest BCUT2D eigenvalue weighted by Gasteiger charge is -2.49. The molecule has 0 bridgehead atoms. The largest absolute Gasteiger partial charge is 0.470 e. The van der Waals surface area contributed by atoms with E-state index in [2.05, 4.69) is 0 Å². The van der Waals surface area contributed by atoms with E-state index in [0.717, 1.165) is 0 Å². The summed E-state index contributed by atoms with van der Waals surface area (Å²) in [6.45, 7) is -5.25. The van der Waals surface area contributed by atoms with Gasteiger partial charge in [0.2, 0.25) is 0 Å². The number of phosphoric acid groups is 5. The Morgan fingerprint density at radius 3 is 0.744 bits per heavy atom. The van der Waals surface area contributed by atoms with Gasteiger partial charge in [-0.25, -0.2) is 22.8 Å². The first kappa shape index (κ1) is 78.2. The van der Waals surface area contributed by atoms with Crippen molar-refractivity contribution in [3.8, 4) is 0 Å². The maximum absolute atomic E-state index is 12.8. The minimum Gasteiger partial charge on any atom is -0.382 e. The average molecular weight is 1330 g/mol. The van der Waals surface area contributed by atoms with E-state index in [0.29, 0.717) is 0 Å². The maximum Gasteiger partial charge on any atom is 0.470 e. The summed E-state index contributed by atoms with van der Waals surface area (Å²) in [6.07, 6.45) is -22.0. The summed E-state index contributed by atoms with van der Waals surface area (Å²) in [5.74, 6) is -3.57. The highest BCUT2D eigenvalue weighted by molar-refractivity contribution is 7.51. The molecule has 12 N–H and O–H groups in total. The van der Waals surface area contributed by atoms with Crippen LogP contribution in [0, 0.1) is 11.8 Å². The molecule has 12 atom stereocenters. The Balaban J connectivity index is 2.62. The Morgan fingerprint density at radius 2 is 0.476 bits per heavy atom. The third-order valence-electron chi connectivity index (χ3n) is 11.1. The molecule has 0 radical (unpaired) electrons. The molecule has 2 rings (SSSR count). The molecule has 0 aliphatic heterocycles. The van der Waals surface area contributed by atoms with Crippen LogP contribution in [0.1, 0.15) is 0 Å². The highest BCUT2D eigenvalue weighted by Gasteiger charge is 2.60. The van der Waals surface area contributed by atoms with Gasteiger partial charge in [0.15, 0.2) is 0 Å². The average Bonchev–Trinajstić information content (AvgIpc) is 3.33. The smallest absolute Gasteiger partial charge is 0.382 e. The molecule has 0 aromatic carbocycles. The van der Waals surface area contributed by atoms with E-state index >= 15 is 0 Å². The minimum atomic E-state index is -5.74. The van der Waals surface area contributed by atoms with E-state index in [1.807, 2.05) is 0 Å². The summed E-state index contributed by atoms with van der Waals surface area (Å²) in [5.41, 5.74) is 0. The second-order valence-corrected chi connectivity index (χ2v) is 24.9. The van der Waals surface area contributed by atoms with Gasteiger partial charge >= 0.3 is 46.7 Å². The number of hydrogen-bond acceptors (Lipinski definition) is 26. The van der Waals surface area contributed by atoms with E-state index in [4.69, 9.17) is 93.7 Å². The fourth-order valence-corrected chi connectivity index (χ4v) is 12.0. The lowest BCUT2D eigenvalue weighted by molar-refractivity contribution is -0.235. The lowest BCUT2D eigenvalue weighted by Crippen LogP contribution is -2.65. The van der Waals surface area contributed by atoms with Crippen molar-refractivity contribution < 1.29 is 180 Å². The van der Waals surface area contributed by atoms with Crippen molar-refractivity contribution in [2.75, 3.05) is 173 Å². The Bertz CT molecular complexity index is 1940. The third-order valence-corrected chi connectivity index (χ3v) is 14.6. The van der Waals surface area contributed by atoms with Crippen LogP contribution < -0.4 is 0 Å². The zero-order valence-electron chi connectivity index (χ0n) is 45.1. The Morgan fingerprint density at radius 1 is 0.256 bits per heavy atom. The van der Waals surface area contributed by atoms with Gasteiger partial charge in [-0.2, -0.15) is 0 Å². The lowest BCUT2D eigenvalue weighted by atomic mass is 9.78. The molecule has 0 amide bonds. The van der Waals surface area contributed by atoms with Crippen LogP contribution in [0.2, 0.25) is 0 Å². The first-order chi connectivity index (χ1) is 38.3. The molecule has 2 aliphatic carbocycles. The summed E-state index contributed by atoms with van der Waals surface area (Å²) in [5, 5.41) is 0. The normalized spacial score (nSPS) is 26.2. The maximum atomic E-state index is 12.8. The Kier molecular flexibility index (Phi) is 38.1. The second-order valence-electron chi connectivity index (χ2n) is 17.3. The number of phosphoric ester groups is 5. The molecule has 0 aromatic heterocycles. The molecule has 2 fully saturated rings. The minimum absolute atomic E-state index is 0.0139. The van der Waals surface area contributed by atoms with Crippen LogP contribution in [0.5, 0.6) is 0 Å². The summed E-state index contributed by atoms with van der Waals surface area (Å²) in [6, 6.07) is 0. The first-order valence-corrected chi connectivity index (χ1v) is 34.0. The molecule has 0 aromatic rings. The van der Waals surface area contributed by atoms with Gasteiger partial charge in [0, 0.05) is 40.3 Å². The van der Waals surface area contributed by atoms with Crippen LogP contribution in [0.25, 0.3) is 0 Å². The number of hydrogen-bond donors (Lipinski definition) is 12. The molecule has 0 unspecified atom stereocenters. The van der Waals surface area contributed by atoms with Crippen LogP contribution in [0.15, 0.2) is 0 Å². The SMILES string of the molecule is COCCOCCOC[C@@H]1[C@@H](OP(=O)(O)O)[C@@H](OCCOCCO[C@H]2[C@@H](CP(=O)(O)O)[C@H](OCCOCCOC)[C@@H](OP(=O)(O)O)[C@H](OCCOCCOC)[C@H]2OP(=O)(O)O)[C@@H](OP(=O)(O)O)[C@H](OCCOCCOC)[C@H]1OP(=O)(O)O. The fraction of sp³-hybridized carbons (Fsp3) is 1.00. The fourth-order valence-electron chi connectivity index (χ4n) is 8.21. The Hall–Kier alpha value is 0.1000. The molecular formula is C38H80O38P6. The molecule has 2 saturated carbocycles. The third kappa shape index (κ3) is 34.2. The molecule has 38 nitrogen and oxygen atoms in total. The first-order valence-electron chi connectivity index (χ1n) is 24.6. The summed E-state index contributed by atoms with van der Waals surface area (Å²) in [7, 11) is -28.2. The zero-order chi connectivity index (χ0) is 61.6. The van der Waals surface area contributed by atoms with Crippen LogP contribution in [0.4, 0.5) is 0 Å². The van der Waals surface area contributed by atoms with Gasteiger partial charge in [-0.05, 0) is 0 Å². The molecule has 0 spiro atoms. The van der Waals surface area contributed by atoms with Gasteiger partial charge in [-0.3, -0.25) is 27.2 Å². The van der Waals surface area contributed by atoms with E-state index in [1.165, 1.54) is 28.4 Å². The molecule has 490 valence electrons. The van der Waals surface area contributed by atoms with Crippen molar-refractivity contribution in [3.05, 3.63) is 0 Å². The molecule has 44 heteroatoms. The van der Waals surface area contributed by atoms with E-state index in [1.54, 1.807) is 0 Å². The highest BCUT2D eigenvalue weighted by Crippen LogP contribution is 2.54. The van der Waals surface area contributed by atoms with Gasteiger partial charge in [0.25, 0.3) is 0 Å². The number of methoxy groups -OCH3 is 4. The van der Waals surface area contributed by atoms with Gasteiger partial charge in [-0.15, -0.1) is 0 Å². The standard InChI is InChI=1S/C38H80O38P6/c1-57-5-9-61-13-14-66-25-27-31(72-78(42,43)44)33(69-22-17-63-11-7-59-3)38(76-82(54,55)56)34(32(27)73-79(45,46)47)70-23-19-65-16-21-68-30-28(26-77(39,40)41)29(67-20-15-62-10-6-58-2)36(74-80(48,49)50)35(37(30)75-81(51,52)53)71-24-18-64-12-8-60-4/h27-38H,5-26H2,1-4H3,(H2,39,40,41)(H2,42,43,44)(H2,45,46,47)(H2,48,49,50)(H2,51,52,53)(H2,54,55,56)/t27-,28-,29-,30-,31-,32+,33+,34+,35-,36+,37-,38-/m0/s1. The van der Waals surface area contributed by atoms with Crippen molar-refractivity contribution in [2.45, 2.75) is 61.0 Å². The van der Waals surface area contributed by atoms with E-state index in [-0.39, 0.29) is 85.9 Å². The van der Waals surface area contributed by atoms with E-state index in [9.17, 15) is 86.1 Å². The molecule has 0 heterocycles. The van der Waals surface area contributed by atoms with Crippen LogP contribution >= 0.6 is 46.7 Å². The van der Waals surface area contributed by atoms with Crippen molar-refractivity contribution in [1.82, 2.24) is 0 Å². The Labute approximate surface area is 471 Å². The van der Waals surface area contributed by atoms with Crippen molar-refractivity contribution in [3.63, 3.8) is 0 Å². The predicted octanol–water partition coefficient (Wildman–Crippen LogP) is -2.58. The van der Waals surface area contributed by atoms with Crippen molar-refractivity contribution in [1.29, 1.82) is 0 Å². The van der Waals surface area contributed by atoms with Crippen molar-refractivity contribution in [2.24, 2.45) is 11.8 Å². The van der Waals surface area contributed by atoms with Gasteiger partial charge in [0.1, 0.15) is 48.8 Å². The van der Waals surface area contributed by atoms with Gasteiger partial charge in [0.05, 0.1) is 157 Å². The molecule has 0 saturated heterocycles. The van der Waals surface area contributed by atoms with Crippen LogP contribution in [-0.4, -0.2) is 293 Å². The van der Waals surface area contributed by atoms with Gasteiger partial charge in [-0.1, -0.05) is 0 Å². The monoisotopic (exact) mass is 1330 g/mol. The second kappa shape index (κ2) is 40.0. The summed E-state index contributed by atoms with van der Waals surface area (Å²) >= 11 is 0. The quantitative estimate of drug-likeness (QED) is 0.0220. The zero-order valence-corrected chi connectivity index (χ0v) is 50.5. The van der Waals surface area contributed by atoms with Crippen molar-refractivity contribution >= 4 is 46.7 Å². The molecule has 82 heavy (non-hydrogen) atoms. The number of ether oxygens (including phenoxy) is 15. The number of rotatable bonds is 49. The van der Waals surface area contributed by atoms with Crippen LogP contribution in [0.3, 0.4) is 0 Å². The summed E-state index contributed by atoms with van der Waals surface area (Å²) < 4.78 is 183. The van der Waals surface area contributed by atoms with Crippen LogP contribution in [-0.2, 0) is 121 Å². The molecule has 2 aliphatic rings. The topological polar surface area (TPSA) is 530 Å². The summed E-state index contributed by atoms with van der Waals surface area (Å²) in [4.78, 5) is 122.